The third-order valence-corrected chi connectivity index (χ3v) is 2.58. The van der Waals surface area contributed by atoms with Crippen molar-refractivity contribution in [3.63, 3.8) is 0 Å². The third-order valence-electron chi connectivity index (χ3n) is 2.58. The molecule has 0 fully saturated rings. The average Bonchev–Trinajstić information content (AvgIpc) is 2.32. The summed E-state index contributed by atoms with van der Waals surface area (Å²) in [7, 11) is 0. The van der Waals surface area contributed by atoms with Crippen molar-refractivity contribution in [1.82, 2.24) is 0 Å². The molecule has 0 bridgehead atoms. The first kappa shape index (κ1) is 11.2. The summed E-state index contributed by atoms with van der Waals surface area (Å²) in [5.41, 5.74) is 2.81. The highest BCUT2D eigenvalue weighted by molar-refractivity contribution is 5.43. The second kappa shape index (κ2) is 4.71. The molecule has 0 radical (unpaired) electrons. The van der Waals surface area contributed by atoms with Crippen molar-refractivity contribution in [2.45, 2.75) is 13.8 Å². The molecule has 0 aromatic heterocycles. The van der Waals surface area contributed by atoms with Crippen molar-refractivity contribution in [3.8, 4) is 17.6 Å². The lowest BCUT2D eigenvalue weighted by Gasteiger charge is -2.07. The van der Waals surface area contributed by atoms with Crippen LogP contribution in [0.15, 0.2) is 42.5 Å². The molecule has 2 aromatic carbocycles. The second-order valence-electron chi connectivity index (χ2n) is 4.00. The lowest BCUT2D eigenvalue weighted by atomic mass is 10.1. The fraction of sp³-hybridized carbons (Fsp3) is 0.133. The lowest BCUT2D eigenvalue weighted by molar-refractivity contribution is 0.482. The SMILES string of the molecule is Cc1ccc(Oc2ccc(C#N)c(C)c2)cc1. The van der Waals surface area contributed by atoms with Crippen molar-refractivity contribution in [3.05, 3.63) is 59.2 Å². The molecule has 0 aliphatic carbocycles. The zero-order valence-corrected chi connectivity index (χ0v) is 9.90. The van der Waals surface area contributed by atoms with Gasteiger partial charge in [0.15, 0.2) is 0 Å². The fourth-order valence-electron chi connectivity index (χ4n) is 1.57. The molecule has 0 atom stereocenters. The monoisotopic (exact) mass is 223 g/mol. The largest absolute Gasteiger partial charge is 0.457 e. The van der Waals surface area contributed by atoms with E-state index in [0.717, 1.165) is 17.1 Å². The quantitative estimate of drug-likeness (QED) is 0.771. The molecule has 0 unspecified atom stereocenters. The lowest BCUT2D eigenvalue weighted by Crippen LogP contribution is -1.87. The normalized spacial score (nSPS) is 9.71. The predicted molar refractivity (Wildman–Crippen MR) is 67.1 cm³/mol. The van der Waals surface area contributed by atoms with E-state index in [2.05, 4.69) is 6.07 Å². The van der Waals surface area contributed by atoms with Gasteiger partial charge in [-0.05, 0) is 49.7 Å². The van der Waals surface area contributed by atoms with Gasteiger partial charge in [0, 0.05) is 0 Å². The van der Waals surface area contributed by atoms with E-state index in [4.69, 9.17) is 10.00 Å². The number of rotatable bonds is 2. The second-order valence-corrected chi connectivity index (χ2v) is 4.00. The molecule has 17 heavy (non-hydrogen) atoms. The zero-order chi connectivity index (χ0) is 12.3. The van der Waals surface area contributed by atoms with Gasteiger partial charge in [0.1, 0.15) is 11.5 Å². The summed E-state index contributed by atoms with van der Waals surface area (Å²) in [6.07, 6.45) is 0. The first-order chi connectivity index (χ1) is 8.19. The molecular weight excluding hydrogens is 210 g/mol. The summed E-state index contributed by atoms with van der Waals surface area (Å²) in [5.74, 6) is 1.56. The Balaban J connectivity index is 2.22. The molecule has 0 saturated carbocycles. The molecule has 84 valence electrons. The topological polar surface area (TPSA) is 33.0 Å². The van der Waals surface area contributed by atoms with Gasteiger partial charge in [-0.25, -0.2) is 0 Å². The Morgan fingerprint density at radius 3 is 2.18 bits per heavy atom. The predicted octanol–water partition coefficient (Wildman–Crippen LogP) is 3.97. The van der Waals surface area contributed by atoms with Gasteiger partial charge >= 0.3 is 0 Å². The van der Waals surface area contributed by atoms with E-state index in [0.29, 0.717) is 5.56 Å². The first-order valence-electron chi connectivity index (χ1n) is 5.44. The van der Waals surface area contributed by atoms with E-state index in [9.17, 15) is 0 Å². The number of ether oxygens (including phenoxy) is 1. The van der Waals surface area contributed by atoms with Crippen LogP contribution >= 0.6 is 0 Å². The van der Waals surface area contributed by atoms with Crippen LogP contribution in [0.2, 0.25) is 0 Å². The van der Waals surface area contributed by atoms with Crippen LogP contribution in [-0.2, 0) is 0 Å². The van der Waals surface area contributed by atoms with Crippen LogP contribution < -0.4 is 4.74 Å². The van der Waals surface area contributed by atoms with Crippen molar-refractivity contribution < 1.29 is 4.74 Å². The van der Waals surface area contributed by atoms with E-state index in [1.54, 1.807) is 6.07 Å². The van der Waals surface area contributed by atoms with Gasteiger partial charge in [0.25, 0.3) is 0 Å². The molecule has 0 aliphatic rings. The number of nitriles is 1. The molecule has 0 aliphatic heterocycles. The maximum atomic E-state index is 8.84. The van der Waals surface area contributed by atoms with Gasteiger partial charge in [0.05, 0.1) is 11.6 Å². The molecule has 2 aromatic rings. The minimum absolute atomic E-state index is 0.682. The van der Waals surface area contributed by atoms with Crippen molar-refractivity contribution in [1.29, 1.82) is 5.26 Å². The van der Waals surface area contributed by atoms with E-state index >= 15 is 0 Å². The Bertz CT molecular complexity index is 564. The summed E-state index contributed by atoms with van der Waals surface area (Å²) < 4.78 is 5.70. The Hall–Kier alpha value is -2.27. The summed E-state index contributed by atoms with van der Waals surface area (Å²) in [6, 6.07) is 15.5. The smallest absolute Gasteiger partial charge is 0.127 e. The average molecular weight is 223 g/mol. The maximum absolute atomic E-state index is 8.84. The van der Waals surface area contributed by atoms with Gasteiger partial charge in [-0.1, -0.05) is 17.7 Å². The Morgan fingerprint density at radius 2 is 1.59 bits per heavy atom. The Labute approximate surface area is 101 Å². The van der Waals surface area contributed by atoms with Crippen molar-refractivity contribution in [2.24, 2.45) is 0 Å². The van der Waals surface area contributed by atoms with Crippen LogP contribution in [0.5, 0.6) is 11.5 Å². The van der Waals surface area contributed by atoms with Crippen molar-refractivity contribution in [2.75, 3.05) is 0 Å². The molecule has 0 saturated heterocycles. The van der Waals surface area contributed by atoms with Crippen LogP contribution in [0.4, 0.5) is 0 Å². The number of aryl methyl sites for hydroxylation is 2. The summed E-state index contributed by atoms with van der Waals surface area (Å²) in [4.78, 5) is 0. The van der Waals surface area contributed by atoms with Crippen LogP contribution in [0.1, 0.15) is 16.7 Å². The van der Waals surface area contributed by atoms with Gasteiger partial charge < -0.3 is 4.74 Å². The molecule has 0 heterocycles. The minimum atomic E-state index is 0.682. The molecule has 2 nitrogen and oxygen atoms in total. The summed E-state index contributed by atoms with van der Waals surface area (Å²) in [5, 5.41) is 8.84. The van der Waals surface area contributed by atoms with E-state index in [-0.39, 0.29) is 0 Å². The van der Waals surface area contributed by atoms with Gasteiger partial charge in [0.2, 0.25) is 0 Å². The summed E-state index contributed by atoms with van der Waals surface area (Å²) in [6.45, 7) is 3.94. The van der Waals surface area contributed by atoms with E-state index in [1.807, 2.05) is 50.2 Å². The Morgan fingerprint density at radius 1 is 0.941 bits per heavy atom. The van der Waals surface area contributed by atoms with Gasteiger partial charge in [-0.15, -0.1) is 0 Å². The van der Waals surface area contributed by atoms with Crippen LogP contribution in [0, 0.1) is 25.2 Å². The first-order valence-corrected chi connectivity index (χ1v) is 5.44. The van der Waals surface area contributed by atoms with E-state index < -0.39 is 0 Å². The highest BCUT2D eigenvalue weighted by atomic mass is 16.5. The fourth-order valence-corrected chi connectivity index (χ4v) is 1.57. The Kier molecular flexibility index (Phi) is 3.11. The molecular formula is C15H13NO. The molecule has 2 rings (SSSR count). The van der Waals surface area contributed by atoms with Crippen molar-refractivity contribution >= 4 is 0 Å². The summed E-state index contributed by atoms with van der Waals surface area (Å²) >= 11 is 0. The van der Waals surface area contributed by atoms with Gasteiger partial charge in [-0.3, -0.25) is 0 Å². The standard InChI is InChI=1S/C15H13NO/c1-11-3-6-14(7-4-11)17-15-8-5-13(10-16)12(2)9-15/h3-9H,1-2H3. The molecule has 2 heteroatoms. The van der Waals surface area contributed by atoms with Crippen LogP contribution in [0.3, 0.4) is 0 Å². The van der Waals surface area contributed by atoms with Crippen LogP contribution in [-0.4, -0.2) is 0 Å². The highest BCUT2D eigenvalue weighted by Gasteiger charge is 2.01. The highest BCUT2D eigenvalue weighted by Crippen LogP contribution is 2.23. The van der Waals surface area contributed by atoms with E-state index in [1.165, 1.54) is 5.56 Å². The number of nitrogens with zero attached hydrogens (tertiary/aromatic N) is 1. The van der Waals surface area contributed by atoms with Crippen LogP contribution in [0.25, 0.3) is 0 Å². The minimum Gasteiger partial charge on any atom is -0.457 e. The third kappa shape index (κ3) is 2.64. The molecule has 0 amide bonds. The zero-order valence-electron chi connectivity index (χ0n) is 9.90. The number of hydrogen-bond donors (Lipinski definition) is 0. The molecule has 0 N–H and O–H groups in total. The molecule has 0 spiro atoms. The van der Waals surface area contributed by atoms with Gasteiger partial charge in [-0.2, -0.15) is 5.26 Å². The number of hydrogen-bond acceptors (Lipinski definition) is 2. The maximum Gasteiger partial charge on any atom is 0.127 e. The number of benzene rings is 2.